The number of hydrogen-bond acceptors (Lipinski definition) is 6. The molecule has 0 saturated heterocycles. The van der Waals surface area contributed by atoms with Crippen LogP contribution in [0.15, 0.2) is 0 Å². The van der Waals surface area contributed by atoms with Gasteiger partial charge in [-0.25, -0.2) is 0 Å². The Bertz CT molecular complexity index is 508. The zero-order valence-electron chi connectivity index (χ0n) is 13.2. The summed E-state index contributed by atoms with van der Waals surface area (Å²) in [6.45, 7) is 3.45. The van der Waals surface area contributed by atoms with E-state index >= 15 is 0 Å². The molecule has 6 nitrogen and oxygen atoms in total. The molecule has 0 aromatic heterocycles. The Hall–Kier alpha value is -0.180. The van der Waals surface area contributed by atoms with Gasteiger partial charge in [-0.1, -0.05) is 12.8 Å². The van der Waals surface area contributed by atoms with E-state index in [9.17, 15) is 16.8 Å². The summed E-state index contributed by atoms with van der Waals surface area (Å²) in [7, 11) is -7.68. The summed E-state index contributed by atoms with van der Waals surface area (Å²) in [5.74, 6) is -0.573. The minimum atomic E-state index is -3.84. The molecule has 0 aromatic rings. The first-order chi connectivity index (χ1) is 10.2. The monoisotopic (exact) mass is 354 g/mol. The highest BCUT2D eigenvalue weighted by Crippen LogP contribution is 2.32. The van der Waals surface area contributed by atoms with E-state index < -0.39 is 31.7 Å². The maximum absolute atomic E-state index is 11.9. The van der Waals surface area contributed by atoms with Gasteiger partial charge in [0.2, 0.25) is 0 Å². The van der Waals surface area contributed by atoms with E-state index in [0.29, 0.717) is 0 Å². The Morgan fingerprint density at radius 1 is 0.773 bits per heavy atom. The van der Waals surface area contributed by atoms with Crippen molar-refractivity contribution in [3.8, 4) is 0 Å². The van der Waals surface area contributed by atoms with Crippen LogP contribution >= 0.6 is 0 Å². The molecule has 2 rings (SSSR count). The highest BCUT2D eigenvalue weighted by atomic mass is 32.2. The van der Waals surface area contributed by atoms with Crippen LogP contribution in [0.5, 0.6) is 0 Å². The van der Waals surface area contributed by atoms with Gasteiger partial charge in [-0.05, 0) is 51.4 Å². The van der Waals surface area contributed by atoms with Crippen molar-refractivity contribution in [2.45, 2.75) is 64.6 Å². The van der Waals surface area contributed by atoms with Crippen molar-refractivity contribution in [1.82, 2.24) is 0 Å². The molecule has 0 aromatic carbocycles. The van der Waals surface area contributed by atoms with Gasteiger partial charge in [0.15, 0.2) is 0 Å². The van der Waals surface area contributed by atoms with E-state index in [4.69, 9.17) is 8.37 Å². The lowest BCUT2D eigenvalue weighted by Crippen LogP contribution is -2.33. The van der Waals surface area contributed by atoms with E-state index in [1.54, 1.807) is 13.8 Å². The molecule has 0 bridgehead atoms. The maximum atomic E-state index is 11.9. The predicted molar refractivity (Wildman–Crippen MR) is 83.3 cm³/mol. The zero-order valence-corrected chi connectivity index (χ0v) is 14.9. The minimum Gasteiger partial charge on any atom is -0.267 e. The lowest BCUT2D eigenvalue weighted by atomic mass is 9.82. The third-order valence-corrected chi connectivity index (χ3v) is 7.67. The second-order valence-electron chi connectivity index (χ2n) is 6.51. The summed E-state index contributed by atoms with van der Waals surface area (Å²) in [5.41, 5.74) is 0. The summed E-state index contributed by atoms with van der Waals surface area (Å²) < 4.78 is 57.7. The van der Waals surface area contributed by atoms with Crippen molar-refractivity contribution in [1.29, 1.82) is 0 Å². The second kappa shape index (κ2) is 7.15. The molecule has 0 aliphatic heterocycles. The van der Waals surface area contributed by atoms with Crippen LogP contribution in [0.25, 0.3) is 0 Å². The van der Waals surface area contributed by atoms with Crippen LogP contribution < -0.4 is 0 Å². The van der Waals surface area contributed by atoms with Gasteiger partial charge in [-0.3, -0.25) is 8.37 Å². The Labute approximate surface area is 133 Å². The lowest BCUT2D eigenvalue weighted by molar-refractivity contribution is 0.103. The summed E-state index contributed by atoms with van der Waals surface area (Å²) >= 11 is 0. The van der Waals surface area contributed by atoms with Crippen LogP contribution in [0.3, 0.4) is 0 Å². The highest BCUT2D eigenvalue weighted by molar-refractivity contribution is 7.90. The molecule has 8 heteroatoms. The molecular formula is C14H26O6S2. The molecule has 2 aliphatic rings. The molecule has 2 atom stereocenters. The Morgan fingerprint density at radius 2 is 1.09 bits per heavy atom. The van der Waals surface area contributed by atoms with Crippen molar-refractivity contribution in [3.05, 3.63) is 0 Å². The summed E-state index contributed by atoms with van der Waals surface area (Å²) in [4.78, 5) is 0. The molecule has 2 aliphatic carbocycles. The average molecular weight is 354 g/mol. The third-order valence-electron chi connectivity index (χ3n) is 4.81. The van der Waals surface area contributed by atoms with Gasteiger partial charge in [0.05, 0.1) is 23.7 Å². The SMILES string of the molecule is CC(OS(=O)(=O)CCS(=O)(=O)OC(C)C1CCC1)C1CCC1. The summed E-state index contributed by atoms with van der Waals surface area (Å²) in [6.07, 6.45) is 5.31. The molecule has 0 N–H and O–H groups in total. The first-order valence-corrected chi connectivity index (χ1v) is 11.2. The zero-order chi connectivity index (χ0) is 16.4. The minimum absolute atomic E-state index is 0.265. The van der Waals surface area contributed by atoms with Crippen molar-refractivity contribution in [3.63, 3.8) is 0 Å². The van der Waals surface area contributed by atoms with Gasteiger partial charge in [0.25, 0.3) is 20.2 Å². The van der Waals surface area contributed by atoms with Crippen LogP contribution in [0.4, 0.5) is 0 Å². The van der Waals surface area contributed by atoms with Crippen LogP contribution in [0.1, 0.15) is 52.4 Å². The second-order valence-corrected chi connectivity index (χ2v) is 9.94. The maximum Gasteiger partial charge on any atom is 0.268 e. The molecule has 2 unspecified atom stereocenters. The van der Waals surface area contributed by atoms with Gasteiger partial charge in [0.1, 0.15) is 0 Å². The first-order valence-electron chi connectivity index (χ1n) is 8.00. The van der Waals surface area contributed by atoms with Gasteiger partial charge in [-0.15, -0.1) is 0 Å². The fraction of sp³-hybridized carbons (Fsp3) is 1.00. The van der Waals surface area contributed by atoms with Gasteiger partial charge in [0, 0.05) is 0 Å². The fourth-order valence-corrected chi connectivity index (χ4v) is 5.80. The number of hydrogen-bond donors (Lipinski definition) is 0. The van der Waals surface area contributed by atoms with Crippen LogP contribution in [-0.4, -0.2) is 40.5 Å². The third kappa shape index (κ3) is 5.18. The predicted octanol–water partition coefficient (Wildman–Crippen LogP) is 2.06. The first kappa shape index (κ1) is 18.2. The Balaban J connectivity index is 1.78. The molecule has 0 heterocycles. The molecule has 2 saturated carbocycles. The highest BCUT2D eigenvalue weighted by Gasteiger charge is 2.31. The molecule has 0 spiro atoms. The van der Waals surface area contributed by atoms with Gasteiger partial charge < -0.3 is 0 Å². The van der Waals surface area contributed by atoms with Crippen molar-refractivity contribution >= 4 is 20.2 Å². The molecule has 0 amide bonds. The van der Waals surface area contributed by atoms with Crippen molar-refractivity contribution in [2.75, 3.05) is 11.5 Å². The average Bonchev–Trinajstić information content (AvgIpc) is 2.19. The lowest BCUT2D eigenvalue weighted by Gasteiger charge is -2.31. The molecular weight excluding hydrogens is 328 g/mol. The largest absolute Gasteiger partial charge is 0.268 e. The van der Waals surface area contributed by atoms with E-state index in [2.05, 4.69) is 0 Å². The number of rotatable bonds is 9. The molecule has 22 heavy (non-hydrogen) atoms. The van der Waals surface area contributed by atoms with Crippen molar-refractivity contribution in [2.24, 2.45) is 11.8 Å². The Kier molecular flexibility index (Phi) is 5.90. The van der Waals surface area contributed by atoms with Gasteiger partial charge >= 0.3 is 0 Å². The molecule has 0 radical (unpaired) electrons. The summed E-state index contributed by atoms with van der Waals surface area (Å²) in [6, 6.07) is 0. The van der Waals surface area contributed by atoms with Crippen molar-refractivity contribution < 1.29 is 25.2 Å². The Morgan fingerprint density at radius 3 is 1.32 bits per heavy atom. The van der Waals surface area contributed by atoms with E-state index in [1.807, 2.05) is 0 Å². The standard InChI is InChI=1S/C14H26O6S2/c1-11(13-5-3-6-13)19-21(15,16)9-10-22(17,18)20-12(2)14-7-4-8-14/h11-14H,3-10H2,1-2H3. The van der Waals surface area contributed by atoms with Crippen LogP contribution in [0, 0.1) is 11.8 Å². The van der Waals surface area contributed by atoms with Crippen LogP contribution in [-0.2, 0) is 28.6 Å². The normalized spacial score (nSPS) is 23.5. The van der Waals surface area contributed by atoms with Gasteiger partial charge in [-0.2, -0.15) is 16.8 Å². The summed E-state index contributed by atoms with van der Waals surface area (Å²) in [5, 5.41) is 0. The fourth-order valence-electron chi connectivity index (χ4n) is 2.74. The van der Waals surface area contributed by atoms with E-state index in [0.717, 1.165) is 38.5 Å². The smallest absolute Gasteiger partial charge is 0.267 e. The quantitative estimate of drug-likeness (QED) is 0.589. The van der Waals surface area contributed by atoms with E-state index in [-0.39, 0.29) is 24.0 Å². The van der Waals surface area contributed by atoms with Crippen LogP contribution in [0.2, 0.25) is 0 Å². The van der Waals surface area contributed by atoms with E-state index in [1.165, 1.54) is 0 Å². The molecule has 130 valence electrons. The topological polar surface area (TPSA) is 86.7 Å². The molecule has 2 fully saturated rings.